The standard InChI is InChI=1S/C15H15NO2.H3N/c1-10-6-5-9-13(11(10)2)16-14-8-4-3-7-12(14)15(17)18;/h3-9,16H,1-2H3,(H,17,18);1H3. The van der Waals surface area contributed by atoms with Gasteiger partial charge < -0.3 is 16.6 Å². The van der Waals surface area contributed by atoms with Gasteiger partial charge in [-0.2, -0.15) is 0 Å². The van der Waals surface area contributed by atoms with Crippen LogP contribution >= 0.6 is 0 Å². The Kier molecular flexibility index (Phi) is 4.67. The normalized spacial score (nSPS) is 9.58. The van der Waals surface area contributed by atoms with Crippen LogP contribution in [0.5, 0.6) is 0 Å². The molecule has 0 amide bonds. The van der Waals surface area contributed by atoms with Crippen molar-refractivity contribution in [1.29, 1.82) is 0 Å². The molecule has 0 heterocycles. The van der Waals surface area contributed by atoms with E-state index in [9.17, 15) is 4.79 Å². The highest BCUT2D eigenvalue weighted by Crippen LogP contribution is 2.25. The summed E-state index contributed by atoms with van der Waals surface area (Å²) in [6.07, 6.45) is 0. The van der Waals surface area contributed by atoms with Crippen molar-refractivity contribution in [3.8, 4) is 0 Å². The van der Waals surface area contributed by atoms with Crippen LogP contribution < -0.4 is 11.5 Å². The molecule has 4 nitrogen and oxygen atoms in total. The molecule has 0 atom stereocenters. The van der Waals surface area contributed by atoms with Crippen LogP contribution in [0.3, 0.4) is 0 Å². The van der Waals surface area contributed by atoms with Gasteiger partial charge in [0.25, 0.3) is 0 Å². The number of anilines is 2. The van der Waals surface area contributed by atoms with Crippen LogP contribution in [0.15, 0.2) is 42.5 Å². The molecule has 0 aliphatic carbocycles. The summed E-state index contributed by atoms with van der Waals surface area (Å²) in [5.74, 6) is -0.927. The predicted molar refractivity (Wildman–Crippen MR) is 77.6 cm³/mol. The number of carboxylic acid groups (broad SMARTS) is 1. The van der Waals surface area contributed by atoms with Crippen LogP contribution in [-0.2, 0) is 0 Å². The number of aryl methyl sites for hydroxylation is 1. The van der Waals surface area contributed by atoms with Crippen molar-refractivity contribution < 1.29 is 9.90 Å². The van der Waals surface area contributed by atoms with Crippen LogP contribution in [-0.4, -0.2) is 11.1 Å². The zero-order valence-corrected chi connectivity index (χ0v) is 11.1. The molecule has 0 unspecified atom stereocenters. The van der Waals surface area contributed by atoms with Crippen molar-refractivity contribution in [2.75, 3.05) is 5.32 Å². The first-order valence-electron chi connectivity index (χ1n) is 5.75. The molecular formula is C15H18N2O2. The van der Waals surface area contributed by atoms with Crippen LogP contribution in [0.25, 0.3) is 0 Å². The first-order valence-corrected chi connectivity index (χ1v) is 5.75. The van der Waals surface area contributed by atoms with Crippen molar-refractivity contribution in [2.24, 2.45) is 0 Å². The quantitative estimate of drug-likeness (QED) is 0.779. The Labute approximate surface area is 112 Å². The lowest BCUT2D eigenvalue weighted by molar-refractivity contribution is 0.0698. The summed E-state index contributed by atoms with van der Waals surface area (Å²) >= 11 is 0. The second-order valence-corrected chi connectivity index (χ2v) is 4.22. The maximum atomic E-state index is 11.1. The summed E-state index contributed by atoms with van der Waals surface area (Å²) in [5, 5.41) is 12.3. The van der Waals surface area contributed by atoms with Crippen molar-refractivity contribution in [1.82, 2.24) is 6.15 Å². The Morgan fingerprint density at radius 1 is 1.00 bits per heavy atom. The van der Waals surface area contributed by atoms with Gasteiger partial charge in [-0.05, 0) is 43.2 Å². The number of hydrogen-bond donors (Lipinski definition) is 3. The fraction of sp³-hybridized carbons (Fsp3) is 0.133. The van der Waals surface area contributed by atoms with E-state index >= 15 is 0 Å². The zero-order valence-electron chi connectivity index (χ0n) is 11.1. The maximum Gasteiger partial charge on any atom is 0.337 e. The number of rotatable bonds is 3. The molecule has 0 aliphatic rings. The number of carbonyl (C=O) groups is 1. The predicted octanol–water partition coefficient (Wildman–Crippen LogP) is 3.91. The first-order chi connectivity index (χ1) is 8.59. The summed E-state index contributed by atoms with van der Waals surface area (Å²) in [6.45, 7) is 4.05. The largest absolute Gasteiger partial charge is 0.478 e. The average molecular weight is 258 g/mol. The number of hydrogen-bond acceptors (Lipinski definition) is 3. The highest BCUT2D eigenvalue weighted by Gasteiger charge is 2.10. The van der Waals surface area contributed by atoms with Crippen molar-refractivity contribution in [3.63, 3.8) is 0 Å². The molecule has 2 rings (SSSR count). The zero-order chi connectivity index (χ0) is 13.1. The van der Waals surface area contributed by atoms with Gasteiger partial charge in [0.15, 0.2) is 0 Å². The minimum Gasteiger partial charge on any atom is -0.478 e. The Hall–Kier alpha value is -2.33. The van der Waals surface area contributed by atoms with Crippen LogP contribution in [0, 0.1) is 13.8 Å². The Balaban J connectivity index is 0.00000180. The summed E-state index contributed by atoms with van der Waals surface area (Å²) in [4.78, 5) is 11.1. The minimum absolute atomic E-state index is 0. The SMILES string of the molecule is Cc1cccc(Nc2ccccc2C(=O)O)c1C.N. The number of benzene rings is 2. The van der Waals surface area contributed by atoms with Gasteiger partial charge in [0, 0.05) is 5.69 Å². The summed E-state index contributed by atoms with van der Waals surface area (Å²) < 4.78 is 0. The van der Waals surface area contributed by atoms with Gasteiger partial charge in [-0.1, -0.05) is 24.3 Å². The van der Waals surface area contributed by atoms with Gasteiger partial charge in [0.05, 0.1) is 11.3 Å². The molecule has 100 valence electrons. The lowest BCUT2D eigenvalue weighted by Crippen LogP contribution is -2.03. The summed E-state index contributed by atoms with van der Waals surface area (Å²) in [7, 11) is 0. The molecule has 0 aliphatic heterocycles. The van der Waals surface area contributed by atoms with E-state index in [4.69, 9.17) is 5.11 Å². The third-order valence-corrected chi connectivity index (χ3v) is 3.03. The second kappa shape index (κ2) is 6.02. The minimum atomic E-state index is -0.927. The highest BCUT2D eigenvalue weighted by atomic mass is 16.4. The first kappa shape index (κ1) is 14.7. The Morgan fingerprint density at radius 2 is 1.63 bits per heavy atom. The Bertz CT molecular complexity index is 594. The third-order valence-electron chi connectivity index (χ3n) is 3.03. The molecule has 0 bridgehead atoms. The van der Waals surface area contributed by atoms with Crippen molar-refractivity contribution >= 4 is 17.3 Å². The Morgan fingerprint density at radius 3 is 2.32 bits per heavy atom. The molecule has 0 saturated heterocycles. The van der Waals surface area contributed by atoms with Gasteiger partial charge >= 0.3 is 5.97 Å². The van der Waals surface area contributed by atoms with E-state index in [1.54, 1.807) is 18.2 Å². The van der Waals surface area contributed by atoms with Crippen LogP contribution in [0.2, 0.25) is 0 Å². The van der Waals surface area contributed by atoms with E-state index < -0.39 is 5.97 Å². The molecule has 0 aromatic heterocycles. The van der Waals surface area contributed by atoms with Gasteiger partial charge in [-0.15, -0.1) is 0 Å². The molecule has 19 heavy (non-hydrogen) atoms. The molecule has 0 fully saturated rings. The monoisotopic (exact) mass is 258 g/mol. The summed E-state index contributed by atoms with van der Waals surface area (Å²) in [6, 6.07) is 12.8. The van der Waals surface area contributed by atoms with Gasteiger partial charge in [-0.3, -0.25) is 0 Å². The molecule has 2 aromatic carbocycles. The van der Waals surface area contributed by atoms with E-state index in [-0.39, 0.29) is 11.7 Å². The number of nitrogens with one attached hydrogen (secondary N) is 1. The average Bonchev–Trinajstić information content (AvgIpc) is 2.35. The number of carboxylic acids is 1. The van der Waals surface area contributed by atoms with E-state index in [0.29, 0.717) is 5.69 Å². The number of para-hydroxylation sites is 1. The molecule has 2 aromatic rings. The smallest absolute Gasteiger partial charge is 0.337 e. The topological polar surface area (TPSA) is 84.3 Å². The third kappa shape index (κ3) is 3.11. The fourth-order valence-corrected chi connectivity index (χ4v) is 1.81. The van der Waals surface area contributed by atoms with E-state index in [1.807, 2.05) is 38.1 Å². The van der Waals surface area contributed by atoms with Crippen LogP contribution in [0.4, 0.5) is 11.4 Å². The van der Waals surface area contributed by atoms with E-state index in [0.717, 1.165) is 11.3 Å². The van der Waals surface area contributed by atoms with E-state index in [1.165, 1.54) is 5.56 Å². The fourth-order valence-electron chi connectivity index (χ4n) is 1.81. The molecular weight excluding hydrogens is 240 g/mol. The van der Waals surface area contributed by atoms with Gasteiger partial charge in [0.2, 0.25) is 0 Å². The molecule has 0 spiro atoms. The molecule has 0 saturated carbocycles. The molecule has 5 N–H and O–H groups in total. The lowest BCUT2D eigenvalue weighted by Gasteiger charge is -2.13. The maximum absolute atomic E-state index is 11.1. The van der Waals surface area contributed by atoms with Crippen molar-refractivity contribution in [2.45, 2.75) is 13.8 Å². The van der Waals surface area contributed by atoms with Crippen LogP contribution in [0.1, 0.15) is 21.5 Å². The van der Waals surface area contributed by atoms with Gasteiger partial charge in [0.1, 0.15) is 0 Å². The summed E-state index contributed by atoms with van der Waals surface area (Å²) in [5.41, 5.74) is 4.12. The van der Waals surface area contributed by atoms with E-state index in [2.05, 4.69) is 5.32 Å². The van der Waals surface area contributed by atoms with Gasteiger partial charge in [-0.25, -0.2) is 4.79 Å². The number of aromatic carboxylic acids is 1. The second-order valence-electron chi connectivity index (χ2n) is 4.22. The van der Waals surface area contributed by atoms with Crippen molar-refractivity contribution in [3.05, 3.63) is 59.2 Å². The highest BCUT2D eigenvalue weighted by molar-refractivity contribution is 5.95. The lowest BCUT2D eigenvalue weighted by atomic mass is 10.1. The molecule has 4 heteroatoms. The molecule has 0 radical (unpaired) electrons.